The van der Waals surface area contributed by atoms with Crippen molar-refractivity contribution in [2.75, 3.05) is 0 Å². The minimum atomic E-state index is -1.58. The van der Waals surface area contributed by atoms with E-state index in [9.17, 15) is 34.2 Å². The first kappa shape index (κ1) is 30.8. The van der Waals surface area contributed by atoms with Gasteiger partial charge in [0.2, 0.25) is 23.6 Å². The van der Waals surface area contributed by atoms with Crippen molar-refractivity contribution >= 4 is 40.5 Å². The number of imidazole rings is 1. The van der Waals surface area contributed by atoms with Crippen molar-refractivity contribution in [2.24, 2.45) is 11.5 Å². The number of rotatable bonds is 15. The lowest BCUT2D eigenvalue weighted by atomic mass is 10.0. The zero-order chi connectivity index (χ0) is 30.1. The Balaban J connectivity index is 1.70. The molecule has 220 valence electrons. The van der Waals surface area contributed by atoms with Gasteiger partial charge in [-0.1, -0.05) is 18.2 Å². The SMILES string of the molecule is CC(O)C(NC(=O)C(CCC(N)=O)NC(=O)C(N)Cc1cnc[nH]1)C(=O)NC(Cc1c[nH]c2ccccc12)C(=O)O. The minimum Gasteiger partial charge on any atom is -0.480 e. The molecule has 5 unspecified atom stereocenters. The number of primary amides is 1. The smallest absolute Gasteiger partial charge is 0.326 e. The van der Waals surface area contributed by atoms with E-state index in [-0.39, 0.29) is 25.7 Å². The summed E-state index contributed by atoms with van der Waals surface area (Å²) in [6.07, 6.45) is 2.62. The molecule has 0 bridgehead atoms. The maximum atomic E-state index is 13.1. The Bertz CT molecular complexity index is 1370. The third-order valence-corrected chi connectivity index (χ3v) is 6.42. The Morgan fingerprint density at radius 1 is 0.976 bits per heavy atom. The zero-order valence-electron chi connectivity index (χ0n) is 22.3. The van der Waals surface area contributed by atoms with Crippen LogP contribution in [0.1, 0.15) is 31.0 Å². The summed E-state index contributed by atoms with van der Waals surface area (Å²) >= 11 is 0. The molecular formula is C26H34N8O7. The van der Waals surface area contributed by atoms with Gasteiger partial charge in [-0.05, 0) is 25.0 Å². The fourth-order valence-electron chi connectivity index (χ4n) is 4.20. The number of carbonyl (C=O) groups is 5. The van der Waals surface area contributed by atoms with Gasteiger partial charge in [-0.2, -0.15) is 0 Å². The van der Waals surface area contributed by atoms with Gasteiger partial charge in [-0.3, -0.25) is 19.2 Å². The van der Waals surface area contributed by atoms with Crippen LogP contribution in [0.5, 0.6) is 0 Å². The number of aromatic nitrogens is 3. The summed E-state index contributed by atoms with van der Waals surface area (Å²) in [5.74, 6) is -4.64. The number of hydrogen-bond acceptors (Lipinski definition) is 8. The van der Waals surface area contributed by atoms with Gasteiger partial charge in [0, 0.05) is 48.3 Å². The van der Waals surface area contributed by atoms with Crippen molar-refractivity contribution in [3.05, 3.63) is 54.2 Å². The van der Waals surface area contributed by atoms with E-state index >= 15 is 0 Å². The van der Waals surface area contributed by atoms with Gasteiger partial charge < -0.3 is 47.6 Å². The monoisotopic (exact) mass is 570 g/mol. The number of aromatic amines is 2. The number of para-hydroxylation sites is 1. The molecule has 1 aromatic carbocycles. The molecule has 15 heteroatoms. The Hall–Kier alpha value is -4.76. The summed E-state index contributed by atoms with van der Waals surface area (Å²) in [7, 11) is 0. The van der Waals surface area contributed by atoms with Crippen molar-refractivity contribution in [1.29, 1.82) is 0 Å². The van der Waals surface area contributed by atoms with Crippen molar-refractivity contribution in [1.82, 2.24) is 30.9 Å². The van der Waals surface area contributed by atoms with Crippen molar-refractivity contribution < 1.29 is 34.2 Å². The van der Waals surface area contributed by atoms with E-state index in [0.717, 1.165) is 10.9 Å². The molecule has 5 atom stereocenters. The Labute approximate surface area is 234 Å². The number of nitrogens with two attached hydrogens (primary N) is 2. The highest BCUT2D eigenvalue weighted by Gasteiger charge is 2.33. The van der Waals surface area contributed by atoms with Crippen LogP contribution >= 0.6 is 0 Å². The number of nitrogens with zero attached hydrogens (tertiary/aromatic N) is 1. The number of hydrogen-bond donors (Lipinski definition) is 9. The van der Waals surface area contributed by atoms with E-state index < -0.39 is 59.9 Å². The first-order valence-electron chi connectivity index (χ1n) is 12.8. The number of benzene rings is 1. The van der Waals surface area contributed by atoms with Crippen LogP contribution < -0.4 is 27.4 Å². The van der Waals surface area contributed by atoms with E-state index in [4.69, 9.17) is 11.5 Å². The van der Waals surface area contributed by atoms with E-state index in [1.807, 2.05) is 18.2 Å². The topological polar surface area (TPSA) is 258 Å². The number of carbonyl (C=O) groups excluding carboxylic acids is 4. The second-order valence-electron chi connectivity index (χ2n) is 9.64. The second kappa shape index (κ2) is 14.0. The van der Waals surface area contributed by atoms with Gasteiger partial charge in [-0.15, -0.1) is 0 Å². The standard InChI is InChI=1S/C26H34N8O7/c1-13(35)22(25(39)33-20(26(40)41)8-14-10-30-18-5-3-2-4-16(14)18)34-24(38)19(6-7-21(28)36)32-23(37)17(27)9-15-11-29-12-31-15/h2-5,10-13,17,19-20,22,30,35H,6-9,27H2,1H3,(H2,28,36)(H,29,31)(H,32,37)(H,33,39)(H,34,38)(H,40,41). The van der Waals surface area contributed by atoms with Crippen LogP contribution in [0, 0.1) is 0 Å². The fourth-order valence-corrected chi connectivity index (χ4v) is 4.20. The number of carboxylic acid groups (broad SMARTS) is 1. The first-order chi connectivity index (χ1) is 19.5. The molecule has 0 fully saturated rings. The number of aliphatic hydroxyl groups is 1. The average molecular weight is 571 g/mol. The molecule has 4 amide bonds. The largest absolute Gasteiger partial charge is 0.480 e. The van der Waals surface area contributed by atoms with Crippen molar-refractivity contribution in [3.63, 3.8) is 0 Å². The third-order valence-electron chi connectivity index (χ3n) is 6.42. The highest BCUT2D eigenvalue weighted by atomic mass is 16.4. The number of carboxylic acids is 1. The Kier molecular flexibility index (Phi) is 10.5. The Morgan fingerprint density at radius 2 is 1.68 bits per heavy atom. The molecule has 0 saturated heterocycles. The normalized spacial score (nSPS) is 14.8. The zero-order valence-corrected chi connectivity index (χ0v) is 22.3. The molecule has 0 aliphatic rings. The number of aliphatic hydroxyl groups excluding tert-OH is 1. The van der Waals surface area contributed by atoms with E-state index in [1.54, 1.807) is 12.3 Å². The molecule has 15 nitrogen and oxygen atoms in total. The highest BCUT2D eigenvalue weighted by molar-refractivity contribution is 5.95. The first-order valence-corrected chi connectivity index (χ1v) is 12.8. The molecule has 11 N–H and O–H groups in total. The van der Waals surface area contributed by atoms with Crippen LogP contribution in [0.25, 0.3) is 10.9 Å². The third kappa shape index (κ3) is 8.61. The number of H-pyrrole nitrogens is 2. The van der Waals surface area contributed by atoms with Crippen molar-refractivity contribution in [2.45, 2.75) is 62.9 Å². The number of aliphatic carboxylic acids is 1. The molecule has 0 aliphatic carbocycles. The fraction of sp³-hybridized carbons (Fsp3) is 0.385. The van der Waals surface area contributed by atoms with Crippen LogP contribution in [0.2, 0.25) is 0 Å². The highest BCUT2D eigenvalue weighted by Crippen LogP contribution is 2.19. The van der Waals surface area contributed by atoms with Gasteiger partial charge in [-0.25, -0.2) is 9.78 Å². The summed E-state index contributed by atoms with van der Waals surface area (Å²) in [5, 5.41) is 28.0. The van der Waals surface area contributed by atoms with Crippen molar-refractivity contribution in [3.8, 4) is 0 Å². The predicted octanol–water partition coefficient (Wildman–Crippen LogP) is -1.81. The molecule has 0 spiro atoms. The summed E-state index contributed by atoms with van der Waals surface area (Å²) in [6, 6.07) is 1.87. The second-order valence-corrected chi connectivity index (χ2v) is 9.64. The molecule has 3 rings (SSSR count). The lowest BCUT2D eigenvalue weighted by Gasteiger charge is -2.26. The summed E-state index contributed by atoms with van der Waals surface area (Å²) in [5.41, 5.74) is 13.2. The van der Waals surface area contributed by atoms with E-state index in [2.05, 4.69) is 30.9 Å². The molecule has 0 aliphatic heterocycles. The van der Waals surface area contributed by atoms with Gasteiger partial charge in [0.15, 0.2) is 0 Å². The molecule has 41 heavy (non-hydrogen) atoms. The van der Waals surface area contributed by atoms with E-state index in [1.165, 1.54) is 19.4 Å². The quantitative estimate of drug-likeness (QED) is 0.0995. The van der Waals surface area contributed by atoms with Gasteiger partial charge in [0.1, 0.15) is 18.1 Å². The summed E-state index contributed by atoms with van der Waals surface area (Å²) in [6.45, 7) is 1.23. The molecule has 2 aromatic heterocycles. The van der Waals surface area contributed by atoms with E-state index in [0.29, 0.717) is 11.3 Å². The maximum Gasteiger partial charge on any atom is 0.326 e. The van der Waals surface area contributed by atoms with Gasteiger partial charge >= 0.3 is 5.97 Å². The lowest BCUT2D eigenvalue weighted by Crippen LogP contribution is -2.60. The molecule has 0 saturated carbocycles. The Morgan fingerprint density at radius 3 is 2.32 bits per heavy atom. The minimum absolute atomic E-state index is 0.0723. The number of nitrogens with one attached hydrogen (secondary N) is 5. The average Bonchev–Trinajstić information content (AvgIpc) is 3.58. The lowest BCUT2D eigenvalue weighted by molar-refractivity contribution is -0.143. The number of fused-ring (bicyclic) bond motifs is 1. The van der Waals surface area contributed by atoms with Gasteiger partial charge in [0.05, 0.1) is 18.5 Å². The number of amides is 4. The predicted molar refractivity (Wildman–Crippen MR) is 146 cm³/mol. The molecule has 0 radical (unpaired) electrons. The van der Waals surface area contributed by atoms with Crippen LogP contribution in [0.15, 0.2) is 43.0 Å². The molecule has 3 aromatic rings. The summed E-state index contributed by atoms with van der Waals surface area (Å²) in [4.78, 5) is 71.9. The van der Waals surface area contributed by atoms with Crippen LogP contribution in [-0.2, 0) is 36.8 Å². The van der Waals surface area contributed by atoms with Crippen LogP contribution in [-0.4, -0.2) is 85.0 Å². The van der Waals surface area contributed by atoms with Crippen LogP contribution in [0.4, 0.5) is 0 Å². The maximum absolute atomic E-state index is 13.1. The molecule has 2 heterocycles. The van der Waals surface area contributed by atoms with Crippen LogP contribution in [0.3, 0.4) is 0 Å². The molecular weight excluding hydrogens is 536 g/mol. The van der Waals surface area contributed by atoms with Gasteiger partial charge in [0.25, 0.3) is 0 Å². The summed E-state index contributed by atoms with van der Waals surface area (Å²) < 4.78 is 0.